The lowest BCUT2D eigenvalue weighted by Crippen LogP contribution is -2.30. The van der Waals surface area contributed by atoms with Gasteiger partial charge in [-0.15, -0.1) is 11.8 Å². The molecule has 3 N–H and O–H groups in total. The Hall–Kier alpha value is -1.60. The Labute approximate surface area is 109 Å². The Morgan fingerprint density at radius 2 is 2.22 bits per heavy atom. The van der Waals surface area contributed by atoms with E-state index in [1.807, 2.05) is 6.92 Å². The van der Waals surface area contributed by atoms with Crippen LogP contribution in [0.2, 0.25) is 0 Å². The molecule has 0 bridgehead atoms. The number of nitrogens with zero attached hydrogens (tertiary/aromatic N) is 1. The number of hydrogen-bond acceptors (Lipinski definition) is 5. The van der Waals surface area contributed by atoms with E-state index in [4.69, 9.17) is 5.84 Å². The Kier molecular flexibility index (Phi) is 5.60. The topological polar surface area (TPSA) is 98.3 Å². The number of rotatable bonds is 6. The van der Waals surface area contributed by atoms with E-state index in [1.165, 1.54) is 17.8 Å². The molecule has 0 aliphatic carbocycles. The highest BCUT2D eigenvalue weighted by Gasteiger charge is 2.16. The minimum Gasteiger partial charge on any atom is -0.294 e. The number of hydrazine groups is 1. The maximum absolute atomic E-state index is 11.0. The van der Waals surface area contributed by atoms with Gasteiger partial charge in [-0.05, 0) is 12.5 Å². The van der Waals surface area contributed by atoms with Crippen molar-refractivity contribution in [2.24, 2.45) is 5.84 Å². The Balaban J connectivity index is 2.61. The van der Waals surface area contributed by atoms with Crippen molar-refractivity contribution in [3.8, 4) is 0 Å². The average Bonchev–Trinajstić information content (AvgIpc) is 2.36. The first-order chi connectivity index (χ1) is 8.54. The second-order valence-corrected chi connectivity index (χ2v) is 5.24. The van der Waals surface area contributed by atoms with Crippen LogP contribution >= 0.6 is 11.8 Å². The van der Waals surface area contributed by atoms with Crippen LogP contribution < -0.4 is 11.3 Å². The molecule has 0 heterocycles. The number of nitro benzene ring substituents is 1. The first-order valence-electron chi connectivity index (χ1n) is 5.44. The fourth-order valence-electron chi connectivity index (χ4n) is 1.39. The molecule has 0 saturated carbocycles. The number of carbonyl (C=O) groups is 1. The highest BCUT2D eigenvalue weighted by molar-refractivity contribution is 8.00. The van der Waals surface area contributed by atoms with Crippen molar-refractivity contribution in [3.63, 3.8) is 0 Å². The molecule has 1 amide bonds. The summed E-state index contributed by atoms with van der Waals surface area (Å²) in [6.07, 6.45) is 0.922. The van der Waals surface area contributed by atoms with Crippen LogP contribution in [0.1, 0.15) is 19.8 Å². The van der Waals surface area contributed by atoms with Gasteiger partial charge in [-0.25, -0.2) is 5.84 Å². The predicted octanol–water partition coefficient (Wildman–Crippen LogP) is 1.85. The van der Waals surface area contributed by atoms with Gasteiger partial charge in [0.1, 0.15) is 0 Å². The number of benzene rings is 1. The number of nitrogens with one attached hydrogen (secondary N) is 1. The molecule has 0 aromatic heterocycles. The van der Waals surface area contributed by atoms with Crippen LogP contribution in [0.5, 0.6) is 0 Å². The fourth-order valence-corrected chi connectivity index (χ4v) is 2.48. The third-order valence-electron chi connectivity index (χ3n) is 2.33. The van der Waals surface area contributed by atoms with Crippen molar-refractivity contribution in [2.75, 3.05) is 0 Å². The van der Waals surface area contributed by atoms with Gasteiger partial charge in [0.15, 0.2) is 0 Å². The first kappa shape index (κ1) is 14.5. The molecule has 18 heavy (non-hydrogen) atoms. The van der Waals surface area contributed by atoms with Gasteiger partial charge in [0.05, 0.1) is 9.82 Å². The molecule has 1 aromatic carbocycles. The summed E-state index contributed by atoms with van der Waals surface area (Å²) in [5.41, 5.74) is 2.15. The summed E-state index contributed by atoms with van der Waals surface area (Å²) >= 11 is 1.39. The van der Waals surface area contributed by atoms with Crippen molar-refractivity contribution < 1.29 is 9.72 Å². The summed E-state index contributed by atoms with van der Waals surface area (Å²) in [6, 6.07) is 6.58. The summed E-state index contributed by atoms with van der Waals surface area (Å²) in [4.78, 5) is 22.0. The minimum atomic E-state index is -0.401. The van der Waals surface area contributed by atoms with Gasteiger partial charge in [0.25, 0.3) is 5.69 Å². The van der Waals surface area contributed by atoms with Gasteiger partial charge in [-0.1, -0.05) is 19.1 Å². The number of nitrogens with two attached hydrogens (primary N) is 1. The van der Waals surface area contributed by atoms with Crippen LogP contribution in [-0.4, -0.2) is 16.1 Å². The smallest absolute Gasteiger partial charge is 0.282 e. The lowest BCUT2D eigenvalue weighted by atomic mass is 10.2. The monoisotopic (exact) mass is 269 g/mol. The number of amides is 1. The summed E-state index contributed by atoms with van der Waals surface area (Å²) in [5.74, 6) is 4.75. The molecule has 0 aliphatic heterocycles. The molecular weight excluding hydrogens is 254 g/mol. The SMILES string of the molecule is CC(CCC(=O)NN)Sc1ccccc1[N+](=O)[O-]. The second-order valence-electron chi connectivity index (χ2n) is 3.76. The number of thioether (sulfide) groups is 1. The molecule has 6 nitrogen and oxygen atoms in total. The number of para-hydroxylation sites is 1. The highest BCUT2D eigenvalue weighted by Crippen LogP contribution is 2.33. The first-order valence-corrected chi connectivity index (χ1v) is 6.32. The normalized spacial score (nSPS) is 11.9. The third-order valence-corrected chi connectivity index (χ3v) is 3.57. The van der Waals surface area contributed by atoms with E-state index in [1.54, 1.807) is 18.2 Å². The molecule has 0 aliphatic rings. The van der Waals surface area contributed by atoms with E-state index >= 15 is 0 Å². The van der Waals surface area contributed by atoms with Gasteiger partial charge in [0.2, 0.25) is 5.91 Å². The van der Waals surface area contributed by atoms with E-state index < -0.39 is 4.92 Å². The van der Waals surface area contributed by atoms with Gasteiger partial charge in [0, 0.05) is 17.7 Å². The summed E-state index contributed by atoms with van der Waals surface area (Å²) in [6.45, 7) is 1.92. The van der Waals surface area contributed by atoms with E-state index in [-0.39, 0.29) is 16.8 Å². The molecule has 7 heteroatoms. The standard InChI is InChI=1S/C11H15N3O3S/c1-8(6-7-11(15)13-12)18-10-5-3-2-4-9(10)14(16)17/h2-5,8H,6-7,12H2,1H3,(H,13,15). The van der Waals surface area contributed by atoms with Crippen molar-refractivity contribution in [2.45, 2.75) is 29.9 Å². The van der Waals surface area contributed by atoms with Crippen LogP contribution in [0, 0.1) is 10.1 Å². The maximum Gasteiger partial charge on any atom is 0.282 e. The molecule has 0 radical (unpaired) electrons. The summed E-state index contributed by atoms with van der Waals surface area (Å²) in [5, 5.41) is 10.9. The van der Waals surface area contributed by atoms with Crippen LogP contribution in [0.25, 0.3) is 0 Å². The van der Waals surface area contributed by atoms with Crippen molar-refractivity contribution in [1.29, 1.82) is 0 Å². The lowest BCUT2D eigenvalue weighted by molar-refractivity contribution is -0.387. The quantitative estimate of drug-likeness (QED) is 0.270. The average molecular weight is 269 g/mol. The second kappa shape index (κ2) is 6.97. The van der Waals surface area contributed by atoms with E-state index in [9.17, 15) is 14.9 Å². The largest absolute Gasteiger partial charge is 0.294 e. The van der Waals surface area contributed by atoms with Gasteiger partial charge >= 0.3 is 0 Å². The van der Waals surface area contributed by atoms with Crippen LogP contribution in [0.4, 0.5) is 5.69 Å². The molecule has 1 unspecified atom stereocenters. The van der Waals surface area contributed by atoms with Crippen LogP contribution in [0.3, 0.4) is 0 Å². The molecular formula is C11H15N3O3S. The summed E-state index contributed by atoms with van der Waals surface area (Å²) in [7, 11) is 0. The van der Waals surface area contributed by atoms with Crippen molar-refractivity contribution in [3.05, 3.63) is 34.4 Å². The predicted molar refractivity (Wildman–Crippen MR) is 70.0 cm³/mol. The number of carbonyl (C=O) groups excluding carboxylic acids is 1. The van der Waals surface area contributed by atoms with Crippen LogP contribution in [-0.2, 0) is 4.79 Å². The fraction of sp³-hybridized carbons (Fsp3) is 0.364. The van der Waals surface area contributed by atoms with Gasteiger partial charge < -0.3 is 0 Å². The minimum absolute atomic E-state index is 0.0950. The van der Waals surface area contributed by atoms with Gasteiger partial charge in [-0.3, -0.25) is 20.3 Å². The molecule has 98 valence electrons. The van der Waals surface area contributed by atoms with Crippen molar-refractivity contribution in [1.82, 2.24) is 5.43 Å². The maximum atomic E-state index is 11.0. The lowest BCUT2D eigenvalue weighted by Gasteiger charge is -2.10. The van der Waals surface area contributed by atoms with Crippen LogP contribution in [0.15, 0.2) is 29.2 Å². The third kappa shape index (κ3) is 4.34. The Bertz CT molecular complexity index is 439. The number of hydrogen-bond donors (Lipinski definition) is 2. The molecule has 1 aromatic rings. The zero-order valence-electron chi connectivity index (χ0n) is 9.96. The van der Waals surface area contributed by atoms with E-state index in [0.29, 0.717) is 17.7 Å². The number of nitro groups is 1. The molecule has 0 saturated heterocycles. The highest BCUT2D eigenvalue weighted by atomic mass is 32.2. The molecule has 0 spiro atoms. The van der Waals surface area contributed by atoms with E-state index in [2.05, 4.69) is 5.43 Å². The Morgan fingerprint density at radius 1 is 1.56 bits per heavy atom. The zero-order valence-corrected chi connectivity index (χ0v) is 10.8. The molecule has 1 rings (SSSR count). The van der Waals surface area contributed by atoms with E-state index in [0.717, 1.165) is 0 Å². The van der Waals surface area contributed by atoms with Crippen molar-refractivity contribution >= 4 is 23.4 Å². The molecule has 1 atom stereocenters. The zero-order chi connectivity index (χ0) is 13.5. The Morgan fingerprint density at radius 3 is 2.83 bits per heavy atom. The molecule has 0 fully saturated rings. The summed E-state index contributed by atoms with van der Waals surface area (Å²) < 4.78 is 0. The van der Waals surface area contributed by atoms with Gasteiger partial charge in [-0.2, -0.15) is 0 Å².